The van der Waals surface area contributed by atoms with Crippen LogP contribution < -0.4 is 4.90 Å². The minimum absolute atomic E-state index is 0.000407. The van der Waals surface area contributed by atoms with E-state index in [0.717, 1.165) is 17.3 Å². The quantitative estimate of drug-likeness (QED) is 0.0989. The van der Waals surface area contributed by atoms with Gasteiger partial charge in [0.25, 0.3) is 30.4 Å². The molecule has 0 atom stereocenters. The third-order valence-electron chi connectivity index (χ3n) is 10.4. The molecule has 0 saturated carbocycles. The van der Waals surface area contributed by atoms with E-state index in [1.807, 2.05) is 43.3 Å². The first-order chi connectivity index (χ1) is 29.9. The SMILES string of the molecule is CN(C)c1ccc(C#Cc2ccc3c4nc5nc(nc6[nH]c(nc7nc(nc([nH]4)c3c2)-c2ccc(S(=O)(=O)O)cc2-7)c2ccc(S(=O)(=O)O)cc62)-c2ccc(S(=O)(=O)O)cc2-5)cc1. The van der Waals surface area contributed by atoms with Crippen LogP contribution in [0, 0.1) is 11.8 Å². The zero-order valence-electron chi connectivity index (χ0n) is 32.4. The number of H-pyrrole nitrogens is 2. The van der Waals surface area contributed by atoms with E-state index in [0.29, 0.717) is 32.8 Å². The predicted octanol–water partition coefficient (Wildman–Crippen LogP) is 6.08. The highest BCUT2D eigenvalue weighted by atomic mass is 32.2. The normalized spacial score (nSPS) is 12.5. The number of aromatic amines is 2. The monoisotopic (exact) mass is 897 g/mol. The van der Waals surface area contributed by atoms with Crippen molar-refractivity contribution in [2.75, 3.05) is 19.0 Å². The van der Waals surface area contributed by atoms with Crippen molar-refractivity contribution in [1.82, 2.24) is 39.9 Å². The van der Waals surface area contributed by atoms with Crippen LogP contribution in [-0.2, 0) is 30.4 Å². The molecule has 312 valence electrons. The summed E-state index contributed by atoms with van der Waals surface area (Å²) >= 11 is 0. The molecule has 8 aromatic rings. The fraction of sp³-hybridized carbons (Fsp3) is 0.0476. The van der Waals surface area contributed by atoms with Crippen LogP contribution >= 0.6 is 0 Å². The number of benzene rings is 5. The van der Waals surface area contributed by atoms with Crippen molar-refractivity contribution in [2.24, 2.45) is 0 Å². The van der Waals surface area contributed by atoms with Crippen molar-refractivity contribution in [3.8, 4) is 57.4 Å². The molecule has 63 heavy (non-hydrogen) atoms. The first-order valence-corrected chi connectivity index (χ1v) is 22.8. The Morgan fingerprint density at radius 2 is 0.810 bits per heavy atom. The summed E-state index contributed by atoms with van der Waals surface area (Å²) < 4.78 is 104. The van der Waals surface area contributed by atoms with E-state index >= 15 is 0 Å². The third kappa shape index (κ3) is 7.11. The lowest BCUT2D eigenvalue weighted by Crippen LogP contribution is -2.07. The number of nitrogens with one attached hydrogen (secondary N) is 2. The molecule has 0 aliphatic carbocycles. The zero-order valence-corrected chi connectivity index (χ0v) is 34.8. The Labute approximate surface area is 356 Å². The number of nitrogens with zero attached hydrogens (tertiary/aromatic N) is 7. The summed E-state index contributed by atoms with van der Waals surface area (Å²) in [5.41, 5.74) is 3.93. The molecule has 0 spiro atoms. The van der Waals surface area contributed by atoms with Gasteiger partial charge >= 0.3 is 0 Å². The highest BCUT2D eigenvalue weighted by Crippen LogP contribution is 2.39. The van der Waals surface area contributed by atoms with E-state index in [-0.39, 0.29) is 62.4 Å². The van der Waals surface area contributed by atoms with Gasteiger partial charge in [0.2, 0.25) is 0 Å². The van der Waals surface area contributed by atoms with Gasteiger partial charge in [-0.05, 0) is 97.1 Å². The largest absolute Gasteiger partial charge is 0.378 e. The van der Waals surface area contributed by atoms with E-state index in [1.54, 1.807) is 18.2 Å². The van der Waals surface area contributed by atoms with Crippen LogP contribution in [0.2, 0.25) is 0 Å². The zero-order chi connectivity index (χ0) is 44.2. The van der Waals surface area contributed by atoms with E-state index in [4.69, 9.17) is 24.9 Å². The molecule has 5 heterocycles. The second-order valence-electron chi connectivity index (χ2n) is 14.6. The lowest BCUT2D eigenvalue weighted by Gasteiger charge is -2.11. The molecule has 0 fully saturated rings. The molecule has 0 radical (unpaired) electrons. The van der Waals surface area contributed by atoms with Crippen molar-refractivity contribution in [1.29, 1.82) is 0 Å². The highest BCUT2D eigenvalue weighted by molar-refractivity contribution is 7.86. The van der Waals surface area contributed by atoms with Crippen LogP contribution in [0.1, 0.15) is 11.1 Å². The van der Waals surface area contributed by atoms with Crippen LogP contribution in [-0.4, -0.2) is 92.9 Å². The van der Waals surface area contributed by atoms with Gasteiger partial charge in [0.1, 0.15) is 22.6 Å². The van der Waals surface area contributed by atoms with E-state index < -0.39 is 45.0 Å². The number of aromatic nitrogens is 8. The van der Waals surface area contributed by atoms with Gasteiger partial charge in [-0.2, -0.15) is 25.3 Å². The smallest absolute Gasteiger partial charge is 0.294 e. The highest BCUT2D eigenvalue weighted by Gasteiger charge is 2.26. The Bertz CT molecular complexity index is 3900. The Hall–Kier alpha value is -7.45. The lowest BCUT2D eigenvalue weighted by atomic mass is 10.1. The minimum Gasteiger partial charge on any atom is -0.378 e. The van der Waals surface area contributed by atoms with Crippen molar-refractivity contribution in [2.45, 2.75) is 14.7 Å². The third-order valence-corrected chi connectivity index (χ3v) is 12.9. The fourth-order valence-corrected chi connectivity index (χ4v) is 8.80. The molecule has 21 heteroatoms. The molecule has 0 amide bonds. The standard InChI is InChI=1S/C42H27N9O9S3/c1-51(2)23-8-5-21(6-9-23)3-4-22-7-13-27-31(17-22)39-43-35(27)45-40-33-19-25(62(55,56)57)11-15-29(33)37(47-40)49-42-34-20-26(63(58,59)60)12-16-30(34)38(50-42)48-41-32-18-24(61(52,53)54)10-14-28(32)36(44-39)46-41/h5-20H,1-2H3,(H,52,53,54)(H,55,56,57)(H,58,59,60)(H2,43,44,45,46,47,48,49,50). The van der Waals surface area contributed by atoms with Gasteiger partial charge < -0.3 is 14.9 Å². The number of fused-ring (bicyclic) bond motifs is 20. The number of hydrogen-bond donors (Lipinski definition) is 5. The second-order valence-corrected chi connectivity index (χ2v) is 18.9. The Morgan fingerprint density at radius 1 is 0.429 bits per heavy atom. The van der Waals surface area contributed by atoms with Crippen molar-refractivity contribution < 1.29 is 38.9 Å². The van der Waals surface area contributed by atoms with E-state index in [1.165, 1.54) is 48.5 Å². The van der Waals surface area contributed by atoms with Crippen molar-refractivity contribution in [3.63, 3.8) is 0 Å². The number of anilines is 1. The molecule has 5 aromatic carbocycles. The topological polar surface area (TPSA) is 275 Å². The van der Waals surface area contributed by atoms with Crippen LogP contribution in [0.5, 0.6) is 0 Å². The molecule has 3 aromatic heterocycles. The summed E-state index contributed by atoms with van der Waals surface area (Å²) in [5, 5.41) is 1.51. The van der Waals surface area contributed by atoms with Gasteiger partial charge in [-0.3, -0.25) is 13.7 Å². The Kier molecular flexibility index (Phi) is 8.84. The molecule has 10 rings (SSSR count). The molecule has 0 saturated heterocycles. The summed E-state index contributed by atoms with van der Waals surface area (Å²) in [6.07, 6.45) is 0. The fourth-order valence-electron chi connectivity index (χ4n) is 7.28. The molecule has 8 bridgehead atoms. The van der Waals surface area contributed by atoms with Gasteiger partial charge in [0, 0.05) is 74.7 Å². The lowest BCUT2D eigenvalue weighted by molar-refractivity contribution is 0.481. The molecule has 5 N–H and O–H groups in total. The van der Waals surface area contributed by atoms with E-state index in [9.17, 15) is 38.9 Å². The van der Waals surface area contributed by atoms with Crippen LogP contribution in [0.4, 0.5) is 5.69 Å². The summed E-state index contributed by atoms with van der Waals surface area (Å²) in [5.74, 6) is 6.40. The van der Waals surface area contributed by atoms with Gasteiger partial charge in [0.15, 0.2) is 23.3 Å². The molecule has 2 aliphatic rings. The maximum Gasteiger partial charge on any atom is 0.294 e. The molecule has 2 aliphatic heterocycles. The summed E-state index contributed by atoms with van der Waals surface area (Å²) in [6.45, 7) is 0. The maximum atomic E-state index is 12.3. The number of hydrogen-bond acceptors (Lipinski definition) is 13. The first kappa shape index (κ1) is 39.7. The Morgan fingerprint density at radius 3 is 1.29 bits per heavy atom. The van der Waals surface area contributed by atoms with Gasteiger partial charge in [0.05, 0.1) is 14.7 Å². The second kappa shape index (κ2) is 14.0. The molecule has 18 nitrogen and oxygen atoms in total. The molecular formula is C42H27N9O9S3. The maximum absolute atomic E-state index is 12.3. The average molecular weight is 898 g/mol. The van der Waals surface area contributed by atoms with Crippen LogP contribution in [0.15, 0.2) is 112 Å². The van der Waals surface area contributed by atoms with Crippen LogP contribution in [0.3, 0.4) is 0 Å². The number of rotatable bonds is 4. The first-order valence-electron chi connectivity index (χ1n) is 18.5. The van der Waals surface area contributed by atoms with Crippen molar-refractivity contribution in [3.05, 3.63) is 108 Å². The van der Waals surface area contributed by atoms with E-state index in [2.05, 4.69) is 26.8 Å². The van der Waals surface area contributed by atoms with Gasteiger partial charge in [-0.25, -0.2) is 29.9 Å². The Balaban J connectivity index is 1.32. The summed E-state index contributed by atoms with van der Waals surface area (Å²) in [4.78, 5) is 35.5. The summed E-state index contributed by atoms with van der Waals surface area (Å²) in [7, 11) is -10.2. The van der Waals surface area contributed by atoms with Gasteiger partial charge in [-0.15, -0.1) is 0 Å². The average Bonchev–Trinajstić information content (AvgIpc) is 3.96. The minimum atomic E-state index is -4.71. The molecule has 0 unspecified atom stereocenters. The predicted molar refractivity (Wildman–Crippen MR) is 232 cm³/mol. The summed E-state index contributed by atoms with van der Waals surface area (Å²) in [6, 6.07) is 24.4. The van der Waals surface area contributed by atoms with Crippen LogP contribution in [0.25, 0.3) is 89.7 Å². The van der Waals surface area contributed by atoms with Crippen molar-refractivity contribution >= 4 is 80.2 Å². The molecular weight excluding hydrogens is 871 g/mol. The van der Waals surface area contributed by atoms with Gasteiger partial charge in [-0.1, -0.05) is 11.8 Å².